The Labute approximate surface area is 215 Å². The second-order valence-corrected chi connectivity index (χ2v) is 9.22. The van der Waals surface area contributed by atoms with Gasteiger partial charge in [0.05, 0.1) is 25.2 Å². The monoisotopic (exact) mass is 516 g/mol. The van der Waals surface area contributed by atoms with E-state index in [4.69, 9.17) is 19.9 Å². The molecule has 0 aliphatic carbocycles. The molecule has 0 saturated heterocycles. The minimum absolute atomic E-state index is 0.0492. The van der Waals surface area contributed by atoms with Gasteiger partial charge in [-0.15, -0.1) is 11.3 Å². The molecule has 4 aromatic heterocycles. The number of rotatable bonds is 7. The number of carbonyl (C=O) groups excluding carboxylic acids is 1. The van der Waals surface area contributed by atoms with Crippen molar-refractivity contribution >= 4 is 39.1 Å². The first-order chi connectivity index (χ1) is 17.9. The summed E-state index contributed by atoms with van der Waals surface area (Å²) in [6.07, 6.45) is 3.73. The maximum absolute atomic E-state index is 13.5. The topological polar surface area (TPSA) is 124 Å². The van der Waals surface area contributed by atoms with Gasteiger partial charge in [-0.25, -0.2) is 9.97 Å². The van der Waals surface area contributed by atoms with Crippen LogP contribution in [-0.4, -0.2) is 39.1 Å². The van der Waals surface area contributed by atoms with Crippen molar-refractivity contribution in [1.82, 2.24) is 18.9 Å². The lowest BCUT2D eigenvalue weighted by atomic mass is 10.1. The SMILES string of the molecule is COc1ccc(CCn2c(=N)c(C(=O)Nc3nccs3)cc3c(=O)n4cccc(C)c4nc32)cc1OC. The molecular weight excluding hydrogens is 492 g/mol. The average molecular weight is 517 g/mol. The summed E-state index contributed by atoms with van der Waals surface area (Å²) in [7, 11) is 3.14. The van der Waals surface area contributed by atoms with Crippen molar-refractivity contribution in [3.8, 4) is 11.5 Å². The van der Waals surface area contributed by atoms with Crippen LogP contribution in [0.25, 0.3) is 16.7 Å². The number of methoxy groups -OCH3 is 2. The maximum atomic E-state index is 13.5. The molecule has 1 amide bonds. The molecule has 0 unspecified atom stereocenters. The molecule has 11 heteroatoms. The predicted octanol–water partition coefficient (Wildman–Crippen LogP) is 3.41. The molecule has 1 aromatic carbocycles. The van der Waals surface area contributed by atoms with Crippen molar-refractivity contribution in [1.29, 1.82) is 5.41 Å². The second kappa shape index (κ2) is 9.86. The second-order valence-electron chi connectivity index (χ2n) is 8.33. The summed E-state index contributed by atoms with van der Waals surface area (Å²) in [5.74, 6) is 0.689. The molecule has 0 aliphatic heterocycles. The molecule has 0 saturated carbocycles. The predicted molar refractivity (Wildman–Crippen MR) is 141 cm³/mol. The lowest BCUT2D eigenvalue weighted by Gasteiger charge is -2.15. The zero-order chi connectivity index (χ0) is 26.1. The molecule has 0 aliphatic rings. The molecule has 5 rings (SSSR count). The molecule has 0 radical (unpaired) electrons. The van der Waals surface area contributed by atoms with E-state index in [1.54, 1.807) is 42.6 Å². The van der Waals surface area contributed by atoms with Gasteiger partial charge in [0.25, 0.3) is 11.5 Å². The molecular formula is C26H24N6O4S. The number of nitrogens with zero attached hydrogens (tertiary/aromatic N) is 4. The lowest BCUT2D eigenvalue weighted by molar-refractivity contribution is 0.102. The first-order valence-corrected chi connectivity index (χ1v) is 12.3. The molecule has 37 heavy (non-hydrogen) atoms. The van der Waals surface area contributed by atoms with Crippen LogP contribution in [0.15, 0.2) is 59.0 Å². The largest absolute Gasteiger partial charge is 0.493 e. The van der Waals surface area contributed by atoms with Gasteiger partial charge in [0.15, 0.2) is 16.6 Å². The van der Waals surface area contributed by atoms with Crippen molar-refractivity contribution in [2.24, 2.45) is 0 Å². The number of aryl methyl sites for hydroxylation is 3. The third-order valence-corrected chi connectivity index (χ3v) is 6.79. The summed E-state index contributed by atoms with van der Waals surface area (Å²) in [4.78, 5) is 35.5. The average Bonchev–Trinajstić information content (AvgIpc) is 3.41. The third kappa shape index (κ3) is 4.45. The highest BCUT2D eigenvalue weighted by Gasteiger charge is 2.19. The lowest BCUT2D eigenvalue weighted by Crippen LogP contribution is -2.32. The molecule has 0 bridgehead atoms. The Hall–Kier alpha value is -4.51. The number of amides is 1. The summed E-state index contributed by atoms with van der Waals surface area (Å²) < 4.78 is 13.8. The minimum atomic E-state index is -0.518. The minimum Gasteiger partial charge on any atom is -0.493 e. The van der Waals surface area contributed by atoms with E-state index >= 15 is 0 Å². The number of ether oxygens (including phenoxy) is 2. The number of anilines is 1. The van der Waals surface area contributed by atoms with Crippen molar-refractivity contribution in [3.63, 3.8) is 0 Å². The zero-order valence-corrected chi connectivity index (χ0v) is 21.3. The van der Waals surface area contributed by atoms with E-state index in [-0.39, 0.29) is 22.0 Å². The van der Waals surface area contributed by atoms with Crippen molar-refractivity contribution < 1.29 is 14.3 Å². The van der Waals surface area contributed by atoms with E-state index in [9.17, 15) is 9.59 Å². The molecule has 4 heterocycles. The van der Waals surface area contributed by atoms with Gasteiger partial charge in [-0.3, -0.25) is 24.7 Å². The van der Waals surface area contributed by atoms with Gasteiger partial charge in [0.1, 0.15) is 16.8 Å². The number of pyridine rings is 2. The van der Waals surface area contributed by atoms with Crippen LogP contribution in [0.4, 0.5) is 5.13 Å². The van der Waals surface area contributed by atoms with E-state index in [1.165, 1.54) is 21.8 Å². The van der Waals surface area contributed by atoms with Crippen molar-refractivity contribution in [2.75, 3.05) is 19.5 Å². The number of hydrogen-bond donors (Lipinski definition) is 2. The van der Waals surface area contributed by atoms with Gasteiger partial charge < -0.3 is 14.0 Å². The number of nitrogens with one attached hydrogen (secondary N) is 2. The van der Waals surface area contributed by atoms with Crippen LogP contribution in [0.2, 0.25) is 0 Å². The van der Waals surface area contributed by atoms with Gasteiger partial charge in [0.2, 0.25) is 0 Å². The Morgan fingerprint density at radius 2 is 1.95 bits per heavy atom. The summed E-state index contributed by atoms with van der Waals surface area (Å²) in [5, 5.41) is 14.0. The molecule has 5 aromatic rings. The van der Waals surface area contributed by atoms with E-state index in [0.717, 1.165) is 11.1 Å². The van der Waals surface area contributed by atoms with Crippen molar-refractivity contribution in [3.05, 3.63) is 86.7 Å². The first-order valence-electron chi connectivity index (χ1n) is 11.4. The van der Waals surface area contributed by atoms with Crippen LogP contribution >= 0.6 is 11.3 Å². The third-order valence-electron chi connectivity index (χ3n) is 6.10. The fraction of sp³-hybridized carbons (Fsp3) is 0.192. The molecule has 10 nitrogen and oxygen atoms in total. The normalized spacial score (nSPS) is 11.1. The van der Waals surface area contributed by atoms with Gasteiger partial charge in [-0.05, 0) is 48.7 Å². The van der Waals surface area contributed by atoms with Crippen LogP contribution in [0, 0.1) is 12.3 Å². The van der Waals surface area contributed by atoms with Crippen LogP contribution in [0.3, 0.4) is 0 Å². The number of hydrogen-bond acceptors (Lipinski definition) is 8. The van der Waals surface area contributed by atoms with Crippen molar-refractivity contribution in [2.45, 2.75) is 19.9 Å². The van der Waals surface area contributed by atoms with E-state index in [2.05, 4.69) is 10.3 Å². The Morgan fingerprint density at radius 3 is 2.68 bits per heavy atom. The van der Waals surface area contributed by atoms with E-state index in [1.807, 2.05) is 31.2 Å². The van der Waals surface area contributed by atoms with Gasteiger partial charge in [-0.2, -0.15) is 0 Å². The van der Waals surface area contributed by atoms with E-state index in [0.29, 0.717) is 40.9 Å². The molecule has 0 spiro atoms. The zero-order valence-electron chi connectivity index (χ0n) is 20.4. The highest BCUT2D eigenvalue weighted by Crippen LogP contribution is 2.28. The summed E-state index contributed by atoms with van der Waals surface area (Å²) >= 11 is 1.27. The molecule has 188 valence electrons. The summed E-state index contributed by atoms with van der Waals surface area (Å²) in [5.41, 5.74) is 2.30. The number of fused-ring (bicyclic) bond motifs is 2. The van der Waals surface area contributed by atoms with E-state index < -0.39 is 5.91 Å². The fourth-order valence-electron chi connectivity index (χ4n) is 4.21. The first kappa shape index (κ1) is 24.2. The highest BCUT2D eigenvalue weighted by molar-refractivity contribution is 7.13. The Bertz CT molecular complexity index is 1760. The standard InChI is InChI=1S/C26H24N6O4S/c1-15-5-4-10-32-22(15)29-23-18(25(32)34)14-17(24(33)30-26-28-9-12-37-26)21(27)31(23)11-8-16-6-7-19(35-2)20(13-16)36-3/h4-7,9-10,12-14,27H,8,11H2,1-3H3,(H,28,30,33). The number of thiazole rings is 1. The Balaban J connectivity index is 1.67. The van der Waals surface area contributed by atoms with Crippen LogP contribution < -0.4 is 25.8 Å². The molecule has 0 atom stereocenters. The summed E-state index contributed by atoms with van der Waals surface area (Å²) in [6.45, 7) is 2.18. The Kier molecular flexibility index (Phi) is 6.45. The molecule has 2 N–H and O–H groups in total. The van der Waals surface area contributed by atoms with Gasteiger partial charge in [-0.1, -0.05) is 12.1 Å². The summed E-state index contributed by atoms with van der Waals surface area (Å²) in [6, 6.07) is 10.7. The number of aromatic nitrogens is 4. The van der Waals surface area contributed by atoms with Gasteiger partial charge >= 0.3 is 0 Å². The smallest absolute Gasteiger partial charge is 0.267 e. The quantitative estimate of drug-likeness (QED) is 0.320. The Morgan fingerprint density at radius 1 is 1.14 bits per heavy atom. The molecule has 0 fully saturated rings. The van der Waals surface area contributed by atoms with Gasteiger partial charge in [0, 0.05) is 24.3 Å². The number of benzene rings is 1. The van der Waals surface area contributed by atoms with Crippen LogP contribution in [0.5, 0.6) is 11.5 Å². The maximum Gasteiger partial charge on any atom is 0.267 e. The van der Waals surface area contributed by atoms with Crippen LogP contribution in [-0.2, 0) is 13.0 Å². The fourth-order valence-corrected chi connectivity index (χ4v) is 4.74. The number of carbonyl (C=O) groups is 1. The van der Waals surface area contributed by atoms with Crippen LogP contribution in [0.1, 0.15) is 21.5 Å². The highest BCUT2D eigenvalue weighted by atomic mass is 32.1.